The molecule has 1 atom stereocenters. The smallest absolute Gasteiger partial charge is 0.407 e. The number of hydrogen-bond acceptors (Lipinski definition) is 3. The molecule has 0 bridgehead atoms. The van der Waals surface area contributed by atoms with Crippen molar-refractivity contribution in [3.63, 3.8) is 0 Å². The molecule has 1 unspecified atom stereocenters. The zero-order valence-electron chi connectivity index (χ0n) is 10.6. The lowest BCUT2D eigenvalue weighted by atomic mass is 9.88. The van der Waals surface area contributed by atoms with Crippen LogP contribution in [0.5, 0.6) is 0 Å². The van der Waals surface area contributed by atoms with Crippen LogP contribution in [-0.4, -0.2) is 29.3 Å². The van der Waals surface area contributed by atoms with E-state index in [-0.39, 0.29) is 6.54 Å². The molecule has 5 nitrogen and oxygen atoms in total. The number of rotatable bonds is 4. The molecule has 0 aromatic rings. The average molecular weight is 231 g/mol. The van der Waals surface area contributed by atoms with Crippen LogP contribution in [-0.2, 0) is 9.53 Å². The second kappa shape index (κ2) is 5.18. The van der Waals surface area contributed by atoms with Crippen molar-refractivity contribution in [2.24, 2.45) is 5.41 Å². The van der Waals surface area contributed by atoms with Crippen molar-refractivity contribution < 1.29 is 19.4 Å². The van der Waals surface area contributed by atoms with Gasteiger partial charge in [-0.25, -0.2) is 4.79 Å². The second-order valence-corrected chi connectivity index (χ2v) is 5.07. The second-order valence-electron chi connectivity index (χ2n) is 5.07. The van der Waals surface area contributed by atoms with Crippen LogP contribution in [0.15, 0.2) is 0 Å². The summed E-state index contributed by atoms with van der Waals surface area (Å²) in [5, 5.41) is 11.5. The van der Waals surface area contributed by atoms with E-state index in [0.717, 1.165) is 0 Å². The van der Waals surface area contributed by atoms with Gasteiger partial charge in [0.25, 0.3) is 0 Å². The molecule has 0 fully saturated rings. The van der Waals surface area contributed by atoms with Crippen molar-refractivity contribution in [3.8, 4) is 0 Å². The van der Waals surface area contributed by atoms with Gasteiger partial charge in [0.2, 0.25) is 0 Å². The molecule has 0 aromatic heterocycles. The van der Waals surface area contributed by atoms with Crippen LogP contribution in [0.1, 0.15) is 41.0 Å². The highest BCUT2D eigenvalue weighted by atomic mass is 16.6. The highest BCUT2D eigenvalue weighted by Gasteiger charge is 2.32. The third-order valence-corrected chi connectivity index (χ3v) is 2.32. The van der Waals surface area contributed by atoms with E-state index >= 15 is 0 Å². The largest absolute Gasteiger partial charge is 0.481 e. The number of nitrogens with one attached hydrogen (secondary N) is 1. The van der Waals surface area contributed by atoms with E-state index in [1.807, 2.05) is 0 Å². The Bertz CT molecular complexity index is 270. The third-order valence-electron chi connectivity index (χ3n) is 2.32. The molecule has 0 heterocycles. The summed E-state index contributed by atoms with van der Waals surface area (Å²) in [6, 6.07) is 0. The standard InChI is InChI=1S/C11H21NO4/c1-6-11(5,8(13)14)7-12-9(15)16-10(2,3)4/h6-7H2,1-5H3,(H,12,15)(H,13,14). The number of aliphatic carboxylic acids is 1. The molecule has 1 amide bonds. The van der Waals surface area contributed by atoms with Crippen molar-refractivity contribution in [1.82, 2.24) is 5.32 Å². The monoisotopic (exact) mass is 231 g/mol. The Labute approximate surface area is 96.2 Å². The summed E-state index contributed by atoms with van der Waals surface area (Å²) in [5.41, 5.74) is -1.52. The fourth-order valence-corrected chi connectivity index (χ4v) is 0.933. The Balaban J connectivity index is 4.24. The molecule has 0 spiro atoms. The topological polar surface area (TPSA) is 75.6 Å². The highest BCUT2D eigenvalue weighted by molar-refractivity contribution is 5.76. The van der Waals surface area contributed by atoms with Crippen LogP contribution >= 0.6 is 0 Å². The van der Waals surface area contributed by atoms with E-state index in [2.05, 4.69) is 5.32 Å². The van der Waals surface area contributed by atoms with Gasteiger partial charge in [0, 0.05) is 6.54 Å². The van der Waals surface area contributed by atoms with E-state index in [9.17, 15) is 9.59 Å². The Morgan fingerprint density at radius 3 is 2.06 bits per heavy atom. The predicted molar refractivity (Wildman–Crippen MR) is 60.3 cm³/mol. The molecule has 16 heavy (non-hydrogen) atoms. The van der Waals surface area contributed by atoms with E-state index in [1.165, 1.54) is 0 Å². The number of carboxylic acids is 1. The summed E-state index contributed by atoms with van der Waals surface area (Å²) in [4.78, 5) is 22.3. The number of hydrogen-bond donors (Lipinski definition) is 2. The number of carboxylic acid groups (broad SMARTS) is 1. The van der Waals surface area contributed by atoms with Gasteiger partial charge in [-0.05, 0) is 34.1 Å². The van der Waals surface area contributed by atoms with Crippen LogP contribution in [0.2, 0.25) is 0 Å². The number of ether oxygens (including phenoxy) is 1. The highest BCUT2D eigenvalue weighted by Crippen LogP contribution is 2.20. The van der Waals surface area contributed by atoms with Gasteiger partial charge in [0.05, 0.1) is 5.41 Å². The van der Waals surface area contributed by atoms with Crippen molar-refractivity contribution in [3.05, 3.63) is 0 Å². The lowest BCUT2D eigenvalue weighted by Gasteiger charge is -2.25. The first-order valence-electron chi connectivity index (χ1n) is 5.31. The Kier molecular flexibility index (Phi) is 4.78. The quantitative estimate of drug-likeness (QED) is 0.776. The van der Waals surface area contributed by atoms with E-state index in [4.69, 9.17) is 9.84 Å². The molecule has 0 saturated heterocycles. The molecular formula is C11H21NO4. The van der Waals surface area contributed by atoms with Gasteiger partial charge in [0.1, 0.15) is 5.60 Å². The van der Waals surface area contributed by atoms with E-state index in [0.29, 0.717) is 6.42 Å². The third kappa shape index (κ3) is 5.00. The number of carbonyl (C=O) groups excluding carboxylic acids is 1. The summed E-state index contributed by atoms with van der Waals surface area (Å²) in [6.07, 6.45) is -0.147. The first-order valence-corrected chi connectivity index (χ1v) is 5.31. The molecule has 5 heteroatoms. The summed E-state index contributed by atoms with van der Waals surface area (Å²) >= 11 is 0. The molecule has 0 aliphatic heterocycles. The molecule has 0 saturated carbocycles. The van der Waals surface area contributed by atoms with Crippen LogP contribution in [0.25, 0.3) is 0 Å². The molecule has 0 rings (SSSR count). The zero-order valence-corrected chi connectivity index (χ0v) is 10.6. The minimum Gasteiger partial charge on any atom is -0.481 e. The van der Waals surface area contributed by atoms with Crippen LogP contribution in [0.4, 0.5) is 4.79 Å². The van der Waals surface area contributed by atoms with Gasteiger partial charge >= 0.3 is 12.1 Å². The van der Waals surface area contributed by atoms with Gasteiger partial charge in [-0.2, -0.15) is 0 Å². The van der Waals surface area contributed by atoms with Gasteiger partial charge in [-0.1, -0.05) is 6.92 Å². The fourth-order valence-electron chi connectivity index (χ4n) is 0.933. The van der Waals surface area contributed by atoms with Gasteiger partial charge < -0.3 is 15.2 Å². The summed E-state index contributed by atoms with van der Waals surface area (Å²) in [7, 11) is 0. The molecular weight excluding hydrogens is 210 g/mol. The molecule has 0 aliphatic carbocycles. The van der Waals surface area contributed by atoms with Crippen molar-refractivity contribution in [2.75, 3.05) is 6.54 Å². The Morgan fingerprint density at radius 2 is 1.75 bits per heavy atom. The summed E-state index contributed by atoms with van der Waals surface area (Å²) in [5.74, 6) is -0.925. The maximum absolute atomic E-state index is 11.3. The maximum Gasteiger partial charge on any atom is 0.407 e. The molecule has 0 radical (unpaired) electrons. The molecule has 2 N–H and O–H groups in total. The normalized spacial score (nSPS) is 15.1. The van der Waals surface area contributed by atoms with E-state index in [1.54, 1.807) is 34.6 Å². The first-order chi connectivity index (χ1) is 7.10. The predicted octanol–water partition coefficient (Wildman–Crippen LogP) is 2.01. The Morgan fingerprint density at radius 1 is 1.25 bits per heavy atom. The number of amides is 1. The molecule has 0 aromatic carbocycles. The molecule has 0 aliphatic rings. The van der Waals surface area contributed by atoms with Gasteiger partial charge in [-0.15, -0.1) is 0 Å². The van der Waals surface area contributed by atoms with Gasteiger partial charge in [-0.3, -0.25) is 4.79 Å². The van der Waals surface area contributed by atoms with E-state index < -0.39 is 23.1 Å². The number of alkyl carbamates (subject to hydrolysis) is 1. The fraction of sp³-hybridized carbons (Fsp3) is 0.818. The van der Waals surface area contributed by atoms with Crippen LogP contribution < -0.4 is 5.32 Å². The van der Waals surface area contributed by atoms with Crippen LogP contribution in [0.3, 0.4) is 0 Å². The summed E-state index contributed by atoms with van der Waals surface area (Å²) in [6.45, 7) is 8.68. The van der Waals surface area contributed by atoms with Crippen LogP contribution in [0, 0.1) is 5.41 Å². The first kappa shape index (κ1) is 14.7. The Hall–Kier alpha value is -1.26. The zero-order chi connectivity index (χ0) is 13.0. The van der Waals surface area contributed by atoms with Gasteiger partial charge in [0.15, 0.2) is 0 Å². The lowest BCUT2D eigenvalue weighted by Crippen LogP contribution is -2.42. The maximum atomic E-state index is 11.3. The summed E-state index contributed by atoms with van der Waals surface area (Å²) < 4.78 is 5.01. The van der Waals surface area contributed by atoms with Crippen molar-refractivity contribution in [1.29, 1.82) is 0 Å². The lowest BCUT2D eigenvalue weighted by molar-refractivity contribution is -0.147. The average Bonchev–Trinajstić information content (AvgIpc) is 2.11. The molecule has 94 valence electrons. The minimum absolute atomic E-state index is 0.0632. The van der Waals surface area contributed by atoms with Crippen molar-refractivity contribution >= 4 is 12.1 Å². The minimum atomic E-state index is -0.948. The SMILES string of the molecule is CCC(C)(CNC(=O)OC(C)(C)C)C(=O)O. The van der Waals surface area contributed by atoms with Crippen molar-refractivity contribution in [2.45, 2.75) is 46.6 Å². The number of carbonyl (C=O) groups is 2.